The Hall–Kier alpha value is -0.790. The number of rotatable bonds is 5. The molecule has 1 saturated heterocycles. The van der Waals surface area contributed by atoms with Gasteiger partial charge < -0.3 is 20.5 Å². The van der Waals surface area contributed by atoms with Crippen molar-refractivity contribution in [3.63, 3.8) is 0 Å². The van der Waals surface area contributed by atoms with Crippen LogP contribution in [0.15, 0.2) is 0 Å². The third-order valence-corrected chi connectivity index (χ3v) is 3.24. The molecule has 1 amide bonds. The molecule has 1 aliphatic rings. The fourth-order valence-corrected chi connectivity index (χ4v) is 2.47. The van der Waals surface area contributed by atoms with Crippen molar-refractivity contribution in [2.24, 2.45) is 5.73 Å². The van der Waals surface area contributed by atoms with Crippen molar-refractivity contribution in [2.75, 3.05) is 37.8 Å². The highest BCUT2D eigenvalue weighted by Crippen LogP contribution is 2.16. The predicted octanol–water partition coefficient (Wildman–Crippen LogP) is -1.01. The SMILES string of the molecule is NCCOCC(=O)N1CCSCC1C(=O)O. The van der Waals surface area contributed by atoms with Crippen LogP contribution < -0.4 is 5.73 Å². The van der Waals surface area contributed by atoms with E-state index in [1.807, 2.05) is 0 Å². The maximum atomic E-state index is 11.7. The predicted molar refractivity (Wildman–Crippen MR) is 60.3 cm³/mol. The lowest BCUT2D eigenvalue weighted by Gasteiger charge is -2.32. The first kappa shape index (κ1) is 13.3. The number of carboxylic acid groups (broad SMARTS) is 1. The fourth-order valence-electron chi connectivity index (χ4n) is 1.43. The van der Waals surface area contributed by atoms with Crippen LogP contribution in [0, 0.1) is 0 Å². The molecule has 92 valence electrons. The second-order valence-corrected chi connectivity index (χ2v) is 4.51. The lowest BCUT2D eigenvalue weighted by atomic mass is 10.2. The van der Waals surface area contributed by atoms with Gasteiger partial charge in [-0.2, -0.15) is 11.8 Å². The number of carbonyl (C=O) groups excluding carboxylic acids is 1. The summed E-state index contributed by atoms with van der Waals surface area (Å²) in [5.41, 5.74) is 5.22. The van der Waals surface area contributed by atoms with Crippen LogP contribution in [0.1, 0.15) is 0 Å². The van der Waals surface area contributed by atoms with Crippen molar-refractivity contribution < 1.29 is 19.4 Å². The van der Waals surface area contributed by atoms with E-state index in [0.717, 1.165) is 5.75 Å². The van der Waals surface area contributed by atoms with Crippen molar-refractivity contribution in [2.45, 2.75) is 6.04 Å². The summed E-state index contributed by atoms with van der Waals surface area (Å²) in [6.07, 6.45) is 0. The minimum absolute atomic E-state index is 0.0916. The Labute approximate surface area is 98.1 Å². The van der Waals surface area contributed by atoms with E-state index in [0.29, 0.717) is 25.4 Å². The van der Waals surface area contributed by atoms with Gasteiger partial charge in [0.15, 0.2) is 0 Å². The van der Waals surface area contributed by atoms with Gasteiger partial charge in [-0.25, -0.2) is 4.79 Å². The van der Waals surface area contributed by atoms with Crippen LogP contribution in [0.2, 0.25) is 0 Å². The lowest BCUT2D eigenvalue weighted by molar-refractivity contribution is -0.151. The summed E-state index contributed by atoms with van der Waals surface area (Å²) in [6.45, 7) is 1.04. The highest BCUT2D eigenvalue weighted by Gasteiger charge is 2.32. The molecule has 1 atom stereocenters. The number of thioether (sulfide) groups is 1. The first-order valence-corrected chi connectivity index (χ1v) is 6.20. The first-order valence-electron chi connectivity index (χ1n) is 5.04. The maximum absolute atomic E-state index is 11.7. The molecule has 3 N–H and O–H groups in total. The van der Waals surface area contributed by atoms with Crippen molar-refractivity contribution >= 4 is 23.6 Å². The molecule has 16 heavy (non-hydrogen) atoms. The molecule has 6 nitrogen and oxygen atoms in total. The third-order valence-electron chi connectivity index (χ3n) is 2.22. The van der Waals surface area contributed by atoms with Gasteiger partial charge in [0.2, 0.25) is 5.91 Å². The van der Waals surface area contributed by atoms with Gasteiger partial charge in [0.1, 0.15) is 12.6 Å². The van der Waals surface area contributed by atoms with E-state index in [9.17, 15) is 9.59 Å². The largest absolute Gasteiger partial charge is 0.480 e. The van der Waals surface area contributed by atoms with E-state index in [2.05, 4.69) is 0 Å². The molecule has 0 spiro atoms. The number of hydrogen-bond donors (Lipinski definition) is 2. The molecule has 0 aliphatic carbocycles. The lowest BCUT2D eigenvalue weighted by Crippen LogP contribution is -2.51. The van der Waals surface area contributed by atoms with Crippen LogP contribution in [0.5, 0.6) is 0 Å². The summed E-state index contributed by atoms with van der Waals surface area (Å²) in [7, 11) is 0. The second-order valence-electron chi connectivity index (χ2n) is 3.36. The van der Waals surface area contributed by atoms with Crippen molar-refractivity contribution in [3.8, 4) is 0 Å². The monoisotopic (exact) mass is 248 g/mol. The van der Waals surface area contributed by atoms with E-state index in [1.165, 1.54) is 4.90 Å². The smallest absolute Gasteiger partial charge is 0.327 e. The summed E-state index contributed by atoms with van der Waals surface area (Å²) in [6, 6.07) is -0.729. The molecule has 1 rings (SSSR count). The van der Waals surface area contributed by atoms with Crippen LogP contribution in [0.25, 0.3) is 0 Å². The van der Waals surface area contributed by atoms with Crippen LogP contribution in [0.4, 0.5) is 0 Å². The fraction of sp³-hybridized carbons (Fsp3) is 0.778. The van der Waals surface area contributed by atoms with E-state index >= 15 is 0 Å². The van der Waals surface area contributed by atoms with Gasteiger partial charge >= 0.3 is 5.97 Å². The number of ether oxygens (including phenoxy) is 1. The zero-order valence-corrected chi connectivity index (χ0v) is 9.74. The number of amides is 1. The number of hydrogen-bond acceptors (Lipinski definition) is 5. The number of nitrogens with two attached hydrogens (primary N) is 1. The molecule has 0 radical (unpaired) electrons. The van der Waals surface area contributed by atoms with Crippen molar-refractivity contribution in [3.05, 3.63) is 0 Å². The molecular weight excluding hydrogens is 232 g/mol. The maximum Gasteiger partial charge on any atom is 0.327 e. The molecule has 1 fully saturated rings. The van der Waals surface area contributed by atoms with E-state index < -0.39 is 12.0 Å². The van der Waals surface area contributed by atoms with E-state index in [4.69, 9.17) is 15.6 Å². The molecule has 0 saturated carbocycles. The van der Waals surface area contributed by atoms with Gasteiger partial charge in [0, 0.05) is 24.6 Å². The Morgan fingerprint density at radius 3 is 2.94 bits per heavy atom. The third kappa shape index (κ3) is 3.66. The van der Waals surface area contributed by atoms with E-state index in [-0.39, 0.29) is 12.5 Å². The summed E-state index contributed by atoms with van der Waals surface area (Å²) in [4.78, 5) is 24.0. The van der Waals surface area contributed by atoms with Crippen molar-refractivity contribution in [1.29, 1.82) is 0 Å². The average molecular weight is 248 g/mol. The van der Waals surface area contributed by atoms with Gasteiger partial charge in [-0.15, -0.1) is 0 Å². The first-order chi connectivity index (χ1) is 7.66. The minimum atomic E-state index is -0.959. The average Bonchev–Trinajstić information content (AvgIpc) is 2.29. The van der Waals surface area contributed by atoms with Gasteiger partial charge in [0.25, 0.3) is 0 Å². The zero-order valence-electron chi connectivity index (χ0n) is 8.92. The summed E-state index contributed by atoms with van der Waals surface area (Å²) >= 11 is 1.55. The summed E-state index contributed by atoms with van der Waals surface area (Å²) in [5.74, 6) is -0.0230. The molecule has 1 aliphatic heterocycles. The standard InChI is InChI=1S/C9H16N2O4S/c10-1-3-15-5-8(12)11-2-4-16-6-7(11)9(13)14/h7H,1-6,10H2,(H,13,14). The highest BCUT2D eigenvalue weighted by molar-refractivity contribution is 7.99. The van der Waals surface area contributed by atoms with Crippen LogP contribution >= 0.6 is 11.8 Å². The number of nitrogens with zero attached hydrogens (tertiary/aromatic N) is 1. The van der Waals surface area contributed by atoms with Gasteiger partial charge in [0.05, 0.1) is 6.61 Å². The summed E-state index contributed by atoms with van der Waals surface area (Å²) in [5, 5.41) is 8.96. The Kier molecular flexibility index (Phi) is 5.58. The molecule has 7 heteroatoms. The molecule has 1 unspecified atom stereocenters. The minimum Gasteiger partial charge on any atom is -0.480 e. The zero-order chi connectivity index (χ0) is 12.0. The Morgan fingerprint density at radius 1 is 1.56 bits per heavy atom. The molecule has 0 aromatic rings. The summed E-state index contributed by atoms with van der Waals surface area (Å²) < 4.78 is 5.01. The van der Waals surface area contributed by atoms with Crippen LogP contribution in [-0.2, 0) is 14.3 Å². The topological polar surface area (TPSA) is 92.9 Å². The Balaban J connectivity index is 2.47. The quantitative estimate of drug-likeness (QED) is 0.606. The molecule has 0 aromatic heterocycles. The van der Waals surface area contributed by atoms with Gasteiger partial charge in [-0.05, 0) is 0 Å². The Bertz CT molecular complexity index is 262. The number of carboxylic acids is 1. The van der Waals surface area contributed by atoms with E-state index in [1.54, 1.807) is 11.8 Å². The Morgan fingerprint density at radius 2 is 2.31 bits per heavy atom. The van der Waals surface area contributed by atoms with Crippen molar-refractivity contribution in [1.82, 2.24) is 4.90 Å². The molecule has 1 heterocycles. The normalized spacial score (nSPS) is 20.8. The molecule has 0 bridgehead atoms. The number of aliphatic carboxylic acids is 1. The number of carbonyl (C=O) groups is 2. The second kappa shape index (κ2) is 6.72. The molecule has 0 aromatic carbocycles. The van der Waals surface area contributed by atoms with Crippen LogP contribution in [-0.4, -0.2) is 65.7 Å². The molecular formula is C9H16N2O4S. The van der Waals surface area contributed by atoms with Gasteiger partial charge in [-0.1, -0.05) is 0 Å². The van der Waals surface area contributed by atoms with Crippen LogP contribution in [0.3, 0.4) is 0 Å². The highest BCUT2D eigenvalue weighted by atomic mass is 32.2. The van der Waals surface area contributed by atoms with Gasteiger partial charge in [-0.3, -0.25) is 4.79 Å².